The van der Waals surface area contributed by atoms with Crippen molar-refractivity contribution in [1.82, 2.24) is 24.9 Å². The molecule has 48 heavy (non-hydrogen) atoms. The van der Waals surface area contributed by atoms with Crippen LogP contribution in [-0.2, 0) is 16.0 Å². The normalized spacial score (nSPS) is 37.0. The Morgan fingerprint density at radius 2 is 1.94 bits per heavy atom. The highest BCUT2D eigenvalue weighted by atomic mass is 35.5. The number of nitrogens with one attached hydrogen (secondary N) is 1. The minimum atomic E-state index is -0.168. The van der Waals surface area contributed by atoms with Crippen LogP contribution in [0.1, 0.15) is 92.9 Å². The van der Waals surface area contributed by atoms with Gasteiger partial charge in [-0.2, -0.15) is 5.26 Å². The maximum Gasteiger partial charge on any atom is 0.246 e. The van der Waals surface area contributed by atoms with Crippen molar-refractivity contribution >= 4 is 29.3 Å². The van der Waals surface area contributed by atoms with Gasteiger partial charge in [-0.1, -0.05) is 56.5 Å². The standard InChI is InChI=1S/C38H55ClN6O2S/c1-3-34(46)44-22-21-43(25-29(44)17-19-40)36-32-16-18-38(23-27-11-8-9-15-31(27)35(39)48-38)24-33(32)41-37(47-26-30-14-10-20-42(30)2)45(36)28-12-6-4-5-7-13-28/h3,8-9,11,15,28-30,32-33,35-37,41H,1,4-7,10,12-14,16-18,20-26H2,2H3/t29?,30?,32?,33?,35?,36?,37?,38-/m0/s1. The maximum absolute atomic E-state index is 12.9. The van der Waals surface area contributed by atoms with Crippen LogP contribution < -0.4 is 5.32 Å². The number of nitriles is 1. The molecule has 1 aromatic carbocycles. The minimum absolute atomic E-state index is 0.0273. The Labute approximate surface area is 297 Å². The Bertz CT molecular complexity index is 1340. The summed E-state index contributed by atoms with van der Waals surface area (Å²) in [5.74, 6) is 0.356. The average Bonchev–Trinajstić information content (AvgIpc) is 3.31. The van der Waals surface area contributed by atoms with Crippen LogP contribution in [0.15, 0.2) is 36.9 Å². The molecule has 7 unspecified atom stereocenters. The fourth-order valence-corrected chi connectivity index (χ4v) is 12.4. The third kappa shape index (κ3) is 7.10. The van der Waals surface area contributed by atoms with Crippen LogP contribution in [0.3, 0.4) is 0 Å². The summed E-state index contributed by atoms with van der Waals surface area (Å²) >= 11 is 9.11. The molecule has 1 N–H and O–H groups in total. The smallest absolute Gasteiger partial charge is 0.246 e. The van der Waals surface area contributed by atoms with Gasteiger partial charge in [-0.15, -0.1) is 23.4 Å². The van der Waals surface area contributed by atoms with E-state index in [0.29, 0.717) is 43.6 Å². The largest absolute Gasteiger partial charge is 0.348 e. The van der Waals surface area contributed by atoms with Crippen LogP contribution in [-0.4, -0.2) is 107 Å². The van der Waals surface area contributed by atoms with Gasteiger partial charge in [0.2, 0.25) is 5.91 Å². The van der Waals surface area contributed by atoms with E-state index in [-0.39, 0.29) is 33.9 Å². The van der Waals surface area contributed by atoms with E-state index in [0.717, 1.165) is 45.4 Å². The Kier molecular flexibility index (Phi) is 11.1. The molecule has 2 saturated carbocycles. The van der Waals surface area contributed by atoms with Crippen molar-refractivity contribution in [3.8, 4) is 6.07 Å². The molecule has 10 heteroatoms. The van der Waals surface area contributed by atoms with Crippen molar-refractivity contribution < 1.29 is 9.53 Å². The van der Waals surface area contributed by atoms with E-state index in [1.54, 1.807) is 0 Å². The number of carbonyl (C=O) groups excluding carboxylic acids is 1. The van der Waals surface area contributed by atoms with Gasteiger partial charge in [-0.25, -0.2) is 4.90 Å². The SMILES string of the molecule is C=CC(=O)N1CCN(C2C3CC[C@]4(Cc5ccccc5C(Cl)S4)CC3NC(OCC3CCCN3C)N2C2CCCCCC2)CC1CC#N. The molecule has 4 aliphatic heterocycles. The number of hydrogen-bond acceptors (Lipinski definition) is 8. The predicted octanol–water partition coefficient (Wildman–Crippen LogP) is 6.08. The number of piperazine rings is 1. The van der Waals surface area contributed by atoms with Gasteiger partial charge >= 0.3 is 0 Å². The fraction of sp³-hybridized carbons (Fsp3) is 0.737. The molecule has 6 aliphatic rings. The number of likely N-dealkylation sites (N-methyl/N-ethyl adjacent to an activating group) is 1. The van der Waals surface area contributed by atoms with E-state index in [2.05, 4.69) is 64.0 Å². The van der Waals surface area contributed by atoms with Crippen molar-refractivity contribution in [2.45, 2.75) is 130 Å². The van der Waals surface area contributed by atoms with Gasteiger partial charge in [-0.05, 0) is 82.2 Å². The van der Waals surface area contributed by atoms with Crippen LogP contribution in [0.25, 0.3) is 0 Å². The summed E-state index contributed by atoms with van der Waals surface area (Å²) in [5, 5.41) is 14.0. The van der Waals surface area contributed by atoms with Crippen molar-refractivity contribution in [2.75, 3.05) is 39.8 Å². The summed E-state index contributed by atoms with van der Waals surface area (Å²) in [6, 6.07) is 12.2. The summed E-state index contributed by atoms with van der Waals surface area (Å²) < 4.78 is 7.17. The number of fused-ring (bicyclic) bond motifs is 2. The van der Waals surface area contributed by atoms with Gasteiger partial charge in [0.25, 0.3) is 0 Å². The summed E-state index contributed by atoms with van der Waals surface area (Å²) in [4.78, 5) is 22.7. The molecule has 262 valence electrons. The van der Waals surface area contributed by atoms with Crippen molar-refractivity contribution in [3.05, 3.63) is 48.0 Å². The van der Waals surface area contributed by atoms with Gasteiger partial charge < -0.3 is 14.5 Å². The van der Waals surface area contributed by atoms with Gasteiger partial charge in [0, 0.05) is 48.4 Å². The van der Waals surface area contributed by atoms with E-state index in [1.807, 2.05) is 16.7 Å². The van der Waals surface area contributed by atoms with Crippen LogP contribution in [0.4, 0.5) is 0 Å². The number of alkyl halides is 1. The number of likely N-dealkylation sites (tertiary alicyclic amines) is 1. The van der Waals surface area contributed by atoms with Crippen LogP contribution in [0, 0.1) is 17.2 Å². The Balaban J connectivity index is 1.22. The lowest BCUT2D eigenvalue weighted by molar-refractivity contribution is -0.214. The number of rotatable bonds is 7. The first-order valence-electron chi connectivity index (χ1n) is 18.7. The molecular formula is C38H55ClN6O2S. The van der Waals surface area contributed by atoms with Crippen LogP contribution in [0.5, 0.6) is 0 Å². The molecule has 3 saturated heterocycles. The van der Waals surface area contributed by atoms with E-state index in [1.165, 1.54) is 68.6 Å². The Morgan fingerprint density at radius 1 is 1.12 bits per heavy atom. The second kappa shape index (κ2) is 15.3. The molecule has 1 aromatic rings. The molecule has 0 bridgehead atoms. The number of hydrogen-bond donors (Lipinski definition) is 1. The Morgan fingerprint density at radius 3 is 2.69 bits per heavy atom. The summed E-state index contributed by atoms with van der Waals surface area (Å²) in [7, 11) is 2.24. The quantitative estimate of drug-likeness (QED) is 0.209. The van der Waals surface area contributed by atoms with Crippen molar-refractivity contribution in [3.63, 3.8) is 0 Å². The zero-order valence-corrected chi connectivity index (χ0v) is 30.4. The second-order valence-electron chi connectivity index (χ2n) is 15.4. The molecule has 5 fully saturated rings. The molecule has 2 aliphatic carbocycles. The second-order valence-corrected chi connectivity index (χ2v) is 17.7. The van der Waals surface area contributed by atoms with Gasteiger partial charge in [0.05, 0.1) is 31.3 Å². The monoisotopic (exact) mass is 694 g/mol. The molecule has 8 nitrogen and oxygen atoms in total. The zero-order valence-electron chi connectivity index (χ0n) is 28.8. The zero-order chi connectivity index (χ0) is 33.3. The van der Waals surface area contributed by atoms with E-state index >= 15 is 0 Å². The maximum atomic E-state index is 12.9. The molecule has 4 heterocycles. The number of ether oxygens (including phenoxy) is 1. The van der Waals surface area contributed by atoms with Crippen LogP contribution >= 0.6 is 23.4 Å². The topological polar surface area (TPSA) is 75.1 Å². The number of nitrogens with zero attached hydrogens (tertiary/aromatic N) is 5. The highest BCUT2D eigenvalue weighted by molar-refractivity contribution is 8.02. The molecule has 1 spiro atoms. The minimum Gasteiger partial charge on any atom is -0.348 e. The van der Waals surface area contributed by atoms with Gasteiger partial charge in [0.1, 0.15) is 4.71 Å². The lowest BCUT2D eigenvalue weighted by Gasteiger charge is -2.61. The van der Waals surface area contributed by atoms with Gasteiger partial charge in [0.15, 0.2) is 6.35 Å². The Hall–Kier alpha value is -1.64. The number of benzene rings is 1. The lowest BCUT2D eigenvalue weighted by Crippen LogP contribution is -2.75. The van der Waals surface area contributed by atoms with Gasteiger partial charge in [-0.3, -0.25) is 15.0 Å². The predicted molar refractivity (Wildman–Crippen MR) is 193 cm³/mol. The highest BCUT2D eigenvalue weighted by Crippen LogP contribution is 2.57. The van der Waals surface area contributed by atoms with Crippen LogP contribution in [0.2, 0.25) is 0 Å². The highest BCUT2D eigenvalue weighted by Gasteiger charge is 2.55. The summed E-state index contributed by atoms with van der Waals surface area (Å²) in [5.41, 5.74) is 2.69. The van der Waals surface area contributed by atoms with E-state index in [9.17, 15) is 10.1 Å². The summed E-state index contributed by atoms with van der Waals surface area (Å²) in [6.07, 6.45) is 16.1. The molecule has 0 radical (unpaired) electrons. The third-order valence-corrected chi connectivity index (χ3v) is 14.5. The third-order valence-electron chi connectivity index (χ3n) is 12.6. The number of amides is 1. The average molecular weight is 695 g/mol. The number of carbonyl (C=O) groups is 1. The number of halogens is 1. The lowest BCUT2D eigenvalue weighted by atomic mass is 9.71. The molecular weight excluding hydrogens is 640 g/mol. The van der Waals surface area contributed by atoms with Crippen molar-refractivity contribution in [2.24, 2.45) is 5.92 Å². The van der Waals surface area contributed by atoms with E-state index in [4.69, 9.17) is 16.3 Å². The first-order chi connectivity index (χ1) is 23.4. The first kappa shape index (κ1) is 34.8. The molecule has 0 aromatic heterocycles. The first-order valence-corrected chi connectivity index (χ1v) is 20.0. The summed E-state index contributed by atoms with van der Waals surface area (Å²) in [6.45, 7) is 7.77. The fourth-order valence-electron chi connectivity index (χ4n) is 10.1. The number of thioether (sulfide) groups is 1. The molecule has 1 amide bonds. The molecule has 8 atom stereocenters. The van der Waals surface area contributed by atoms with Crippen molar-refractivity contribution in [1.29, 1.82) is 5.26 Å². The van der Waals surface area contributed by atoms with E-state index < -0.39 is 0 Å². The molecule has 7 rings (SSSR count).